The number of nitrogens with zero attached hydrogens (tertiary/aromatic N) is 4. The molecule has 2 aliphatic rings. The van der Waals surface area contributed by atoms with E-state index in [-0.39, 0.29) is 93.8 Å². The first kappa shape index (κ1) is 57.5. The highest BCUT2D eigenvalue weighted by atomic mass is 31.2. The van der Waals surface area contributed by atoms with E-state index in [1.807, 2.05) is 0 Å². The van der Waals surface area contributed by atoms with E-state index in [1.54, 1.807) is 49.4 Å². The van der Waals surface area contributed by atoms with Crippen LogP contribution in [0.4, 0.5) is 8.78 Å². The summed E-state index contributed by atoms with van der Waals surface area (Å²) in [6, 6.07) is 24.8. The summed E-state index contributed by atoms with van der Waals surface area (Å²) in [5, 5.41) is 31.1. The zero-order chi connectivity index (χ0) is 57.6. The number of hydrogen-bond donors (Lipinski definition) is 4. The number of benzene rings is 5. The molecule has 9 rings (SSSR count). The first-order valence-corrected chi connectivity index (χ1v) is 27.8. The molecule has 2 aromatic heterocycles. The number of carboxylic acid groups (broad SMARTS) is 1. The SMILES string of the molecule is CCOC(=O)[C@H](C)OP(=O)(CCOc1c2c(c(O)c3ncccc13)C(=O)N(Cc1ccc(F)cc1)C2=O)Oc1ccccc1.C[C@H](OP(=O)(O)CCOc1c2c(c(O)c3ncccc13)C(=O)N(Cc1ccc(F)cc1)C2=O)C(=O)O. The number of rotatable bonds is 21. The van der Waals surface area contributed by atoms with Crippen LogP contribution in [0.1, 0.15) is 73.3 Å². The number of halogens is 2. The molecule has 0 aliphatic carbocycles. The van der Waals surface area contributed by atoms with Gasteiger partial charge in [-0.2, -0.15) is 0 Å². The molecule has 2 aliphatic heterocycles. The molecule has 2 unspecified atom stereocenters. The molecule has 4 amide bonds. The number of hydrogen-bond acceptors (Lipinski definition) is 18. The lowest BCUT2D eigenvalue weighted by Gasteiger charge is -2.23. The maximum atomic E-state index is 13.9. The standard InChI is InChI=1S/C31H28FN2O9P.C23H20FN2O9P/c1-3-40-31(38)19(2)42-44(39,43-22-8-5-4-6-9-22)17-16-41-28-23-10-7-15-33-26(23)27(35)24-25(28)30(37)34(29(24)36)18-20-11-13-21(32)14-12-20;1-12(23(30)31)35-36(32,33)10-9-34-20-15-3-2-8-25-18(15)19(27)16-17(20)22(29)26(21(16)28)11-13-4-6-14(24)7-5-13/h4-15,19,35H,3,16-18H2,1-2H3;2-8,12,27H,9-11H2,1H3,(H,30,31)(H,32,33)/t19-,44?;12-/m00/s1. The molecule has 416 valence electrons. The van der Waals surface area contributed by atoms with Gasteiger partial charge in [-0.1, -0.05) is 42.5 Å². The Hall–Kier alpha value is -8.66. The molecule has 22 nitrogen and oxygen atoms in total. The van der Waals surface area contributed by atoms with Gasteiger partial charge in [-0.05, 0) is 92.6 Å². The van der Waals surface area contributed by atoms with Crippen LogP contribution in [0, 0.1) is 11.6 Å². The van der Waals surface area contributed by atoms with E-state index in [0.29, 0.717) is 11.1 Å². The number of aromatic hydroxyl groups is 2. The molecule has 0 fully saturated rings. The van der Waals surface area contributed by atoms with Crippen LogP contribution in [0.15, 0.2) is 116 Å². The van der Waals surface area contributed by atoms with E-state index < -0.39 is 98.9 Å². The van der Waals surface area contributed by atoms with Gasteiger partial charge in [0.25, 0.3) is 23.6 Å². The van der Waals surface area contributed by atoms with Crippen molar-refractivity contribution in [2.75, 3.05) is 32.1 Å². The minimum absolute atomic E-state index is 0.0157. The first-order valence-electron chi connectivity index (χ1n) is 24.3. The Morgan fingerprint density at radius 1 is 0.613 bits per heavy atom. The third kappa shape index (κ3) is 12.4. The van der Waals surface area contributed by atoms with Gasteiger partial charge in [-0.3, -0.25) is 52.6 Å². The number of imide groups is 2. The van der Waals surface area contributed by atoms with Crippen LogP contribution < -0.4 is 14.0 Å². The Labute approximate surface area is 453 Å². The molecule has 0 saturated carbocycles. The van der Waals surface area contributed by atoms with Crippen molar-refractivity contribution in [3.05, 3.63) is 161 Å². The van der Waals surface area contributed by atoms with E-state index in [2.05, 4.69) is 14.5 Å². The summed E-state index contributed by atoms with van der Waals surface area (Å²) in [5.74, 6) is -7.27. The molecule has 0 spiro atoms. The molecule has 4 N–H and O–H groups in total. The maximum Gasteiger partial charge on any atom is 0.383 e. The molecule has 0 radical (unpaired) electrons. The zero-order valence-corrected chi connectivity index (χ0v) is 44.3. The van der Waals surface area contributed by atoms with Crippen molar-refractivity contribution in [3.63, 3.8) is 0 Å². The second-order valence-electron chi connectivity index (χ2n) is 17.7. The van der Waals surface area contributed by atoms with Crippen LogP contribution in [0.25, 0.3) is 21.8 Å². The zero-order valence-electron chi connectivity index (χ0n) is 42.5. The number of pyridine rings is 2. The molecule has 80 heavy (non-hydrogen) atoms. The predicted molar refractivity (Wildman–Crippen MR) is 279 cm³/mol. The van der Waals surface area contributed by atoms with Gasteiger partial charge in [0.2, 0.25) is 0 Å². The highest BCUT2D eigenvalue weighted by Crippen LogP contribution is 2.51. The first-order chi connectivity index (χ1) is 38.1. The number of carbonyl (C=O) groups is 6. The Kier molecular flexibility index (Phi) is 17.4. The van der Waals surface area contributed by atoms with Gasteiger partial charge in [-0.25, -0.2) is 22.9 Å². The van der Waals surface area contributed by atoms with E-state index in [4.69, 9.17) is 28.4 Å². The number of para-hydroxylation sites is 1. The summed E-state index contributed by atoms with van der Waals surface area (Å²) in [6.45, 7) is 2.97. The molecule has 26 heteroatoms. The van der Waals surface area contributed by atoms with Crippen molar-refractivity contribution in [2.24, 2.45) is 0 Å². The van der Waals surface area contributed by atoms with Gasteiger partial charge >= 0.3 is 27.1 Å². The number of aromatic nitrogens is 2. The van der Waals surface area contributed by atoms with Gasteiger partial charge in [0.05, 0.1) is 49.8 Å². The number of carboxylic acids is 1. The Morgan fingerprint density at radius 3 is 1.51 bits per heavy atom. The highest BCUT2D eigenvalue weighted by molar-refractivity contribution is 7.54. The fourth-order valence-corrected chi connectivity index (χ4v) is 11.0. The van der Waals surface area contributed by atoms with Crippen molar-refractivity contribution < 1.29 is 94.7 Å². The molecular formula is C54H48F2N4O18P2. The number of phenolic OH excluding ortho intramolecular Hbond substituents is 2. The van der Waals surface area contributed by atoms with Gasteiger partial charge in [0, 0.05) is 23.2 Å². The Morgan fingerprint density at radius 2 is 1.06 bits per heavy atom. The van der Waals surface area contributed by atoms with Crippen molar-refractivity contribution in [3.8, 4) is 28.7 Å². The van der Waals surface area contributed by atoms with Crippen LogP contribution in [-0.4, -0.2) is 120 Å². The van der Waals surface area contributed by atoms with Crippen LogP contribution in [0.5, 0.6) is 28.7 Å². The number of fused-ring (bicyclic) bond motifs is 4. The lowest BCUT2D eigenvalue weighted by molar-refractivity contribution is -0.150. The van der Waals surface area contributed by atoms with Gasteiger partial charge in [0.1, 0.15) is 57.7 Å². The lowest BCUT2D eigenvalue weighted by atomic mass is 10.0. The van der Waals surface area contributed by atoms with Crippen molar-refractivity contribution >= 4 is 72.6 Å². The van der Waals surface area contributed by atoms with Crippen LogP contribution in [0.2, 0.25) is 0 Å². The Balaban J connectivity index is 0.000000215. The molecule has 7 aromatic rings. The molecule has 0 bridgehead atoms. The second-order valence-corrected chi connectivity index (χ2v) is 21.7. The summed E-state index contributed by atoms with van der Waals surface area (Å²) in [4.78, 5) is 96.6. The number of phenols is 2. The van der Waals surface area contributed by atoms with Gasteiger partial charge in [0.15, 0.2) is 23.7 Å². The van der Waals surface area contributed by atoms with E-state index in [0.717, 1.165) is 16.7 Å². The number of esters is 1. The fraction of sp³-hybridized carbons (Fsp3) is 0.222. The summed E-state index contributed by atoms with van der Waals surface area (Å²) < 4.78 is 85.5. The van der Waals surface area contributed by atoms with Crippen molar-refractivity contribution in [1.29, 1.82) is 0 Å². The number of amides is 4. The third-order valence-electron chi connectivity index (χ3n) is 12.2. The van der Waals surface area contributed by atoms with Crippen LogP contribution in [-0.2, 0) is 45.6 Å². The highest BCUT2D eigenvalue weighted by Gasteiger charge is 2.45. The second kappa shape index (κ2) is 24.1. The molecule has 5 aromatic carbocycles. The Bertz CT molecular complexity index is 3670. The summed E-state index contributed by atoms with van der Waals surface area (Å²) in [5.41, 5.74) is -0.164. The third-order valence-corrected chi connectivity index (χ3v) is 15.4. The number of carbonyl (C=O) groups excluding carboxylic acids is 5. The monoisotopic (exact) mass is 1140 g/mol. The summed E-state index contributed by atoms with van der Waals surface area (Å²) >= 11 is 0. The van der Waals surface area contributed by atoms with E-state index in [1.165, 1.54) is 80.0 Å². The average Bonchev–Trinajstić information content (AvgIpc) is 4.03. The fourth-order valence-electron chi connectivity index (χ4n) is 8.38. The van der Waals surface area contributed by atoms with Gasteiger partial charge in [-0.15, -0.1) is 0 Å². The minimum Gasteiger partial charge on any atom is -0.505 e. The normalized spacial score (nSPS) is 15.1. The largest absolute Gasteiger partial charge is 0.505 e. The number of aliphatic carboxylic acids is 1. The van der Waals surface area contributed by atoms with E-state index >= 15 is 0 Å². The lowest BCUT2D eigenvalue weighted by Crippen LogP contribution is -2.29. The molecule has 4 atom stereocenters. The van der Waals surface area contributed by atoms with Crippen molar-refractivity contribution in [2.45, 2.75) is 46.1 Å². The average molecular weight is 1140 g/mol. The van der Waals surface area contributed by atoms with Gasteiger partial charge < -0.3 is 38.9 Å². The molecule has 4 heterocycles. The summed E-state index contributed by atoms with van der Waals surface area (Å²) in [6.07, 6.45) is -0.996. The van der Waals surface area contributed by atoms with Crippen LogP contribution in [0.3, 0.4) is 0 Å². The minimum atomic E-state index is -4.38. The topological polar surface area (TPSA) is 305 Å². The predicted octanol–water partition coefficient (Wildman–Crippen LogP) is 8.42. The quantitative estimate of drug-likeness (QED) is 0.0298. The maximum absolute atomic E-state index is 13.9. The number of ether oxygens (including phenoxy) is 3. The summed E-state index contributed by atoms with van der Waals surface area (Å²) in [7, 11) is -8.46. The smallest absolute Gasteiger partial charge is 0.383 e. The van der Waals surface area contributed by atoms with E-state index in [9.17, 15) is 61.8 Å². The van der Waals surface area contributed by atoms with Crippen molar-refractivity contribution in [1.82, 2.24) is 19.8 Å². The molecular weight excluding hydrogens is 1090 g/mol. The van der Waals surface area contributed by atoms with Crippen LogP contribution >= 0.6 is 15.2 Å². The molecule has 0 saturated heterocycles.